The Labute approximate surface area is 121 Å². The van der Waals surface area contributed by atoms with Crippen LogP contribution >= 0.6 is 0 Å². The fraction of sp³-hybridized carbons (Fsp3) is 0.429. The summed E-state index contributed by atoms with van der Waals surface area (Å²) in [5.41, 5.74) is 5.72. The van der Waals surface area contributed by atoms with Crippen LogP contribution in [-0.4, -0.2) is 32.0 Å². The second kappa shape index (κ2) is 5.16. The van der Waals surface area contributed by atoms with E-state index in [1.807, 2.05) is 0 Å². The third-order valence-electron chi connectivity index (χ3n) is 4.08. The van der Waals surface area contributed by atoms with E-state index in [1.165, 1.54) is 6.33 Å². The molecule has 0 unspecified atom stereocenters. The Kier molecular flexibility index (Phi) is 3.32. The standard InChI is InChI=1S/C14H17N5O2/c15-13(21)14(6-2-1-3-7-14)17-12(20)10-4-5-11-18-16-9-19(11)8-10/h4-5,8-9H,1-3,6-7H2,(H2,15,21)(H,17,20). The van der Waals surface area contributed by atoms with Crippen LogP contribution in [0, 0.1) is 0 Å². The number of rotatable bonds is 3. The van der Waals surface area contributed by atoms with Crippen molar-refractivity contribution in [3.63, 3.8) is 0 Å². The lowest BCUT2D eigenvalue weighted by Gasteiger charge is -2.35. The third-order valence-corrected chi connectivity index (χ3v) is 4.08. The lowest BCUT2D eigenvalue weighted by atomic mass is 9.81. The molecule has 0 aliphatic heterocycles. The van der Waals surface area contributed by atoms with E-state index in [9.17, 15) is 9.59 Å². The molecule has 2 amide bonds. The maximum atomic E-state index is 12.4. The quantitative estimate of drug-likeness (QED) is 0.865. The largest absolute Gasteiger partial charge is 0.368 e. The second-order valence-electron chi connectivity index (χ2n) is 5.48. The van der Waals surface area contributed by atoms with Crippen molar-refractivity contribution in [3.8, 4) is 0 Å². The van der Waals surface area contributed by atoms with Gasteiger partial charge in [-0.2, -0.15) is 0 Å². The predicted octanol–water partition coefficient (Wildman–Crippen LogP) is 0.647. The van der Waals surface area contributed by atoms with E-state index in [2.05, 4.69) is 15.5 Å². The minimum Gasteiger partial charge on any atom is -0.368 e. The summed E-state index contributed by atoms with van der Waals surface area (Å²) in [6.07, 6.45) is 7.23. The summed E-state index contributed by atoms with van der Waals surface area (Å²) in [6.45, 7) is 0. The average Bonchev–Trinajstić information content (AvgIpc) is 2.95. The lowest BCUT2D eigenvalue weighted by molar-refractivity contribution is -0.125. The van der Waals surface area contributed by atoms with E-state index in [0.717, 1.165) is 19.3 Å². The van der Waals surface area contributed by atoms with Crippen LogP contribution in [0.2, 0.25) is 0 Å². The SMILES string of the molecule is NC(=O)C1(NC(=O)c2ccc3nncn3c2)CCCCC1. The van der Waals surface area contributed by atoms with Crippen molar-refractivity contribution in [1.82, 2.24) is 19.9 Å². The topological polar surface area (TPSA) is 102 Å². The van der Waals surface area contributed by atoms with Crippen LogP contribution in [0.25, 0.3) is 5.65 Å². The van der Waals surface area contributed by atoms with Crippen molar-refractivity contribution in [1.29, 1.82) is 0 Å². The van der Waals surface area contributed by atoms with Gasteiger partial charge in [0.15, 0.2) is 5.65 Å². The van der Waals surface area contributed by atoms with Gasteiger partial charge in [-0.25, -0.2) is 0 Å². The highest BCUT2D eigenvalue weighted by Crippen LogP contribution is 2.28. The molecule has 0 saturated heterocycles. The minimum absolute atomic E-state index is 0.300. The molecular formula is C14H17N5O2. The summed E-state index contributed by atoms with van der Waals surface area (Å²) in [7, 11) is 0. The van der Waals surface area contributed by atoms with Crippen molar-refractivity contribution >= 4 is 17.5 Å². The van der Waals surface area contributed by atoms with Crippen molar-refractivity contribution in [2.75, 3.05) is 0 Å². The van der Waals surface area contributed by atoms with Crippen molar-refractivity contribution < 1.29 is 9.59 Å². The van der Waals surface area contributed by atoms with Gasteiger partial charge in [0.2, 0.25) is 5.91 Å². The zero-order valence-corrected chi connectivity index (χ0v) is 11.6. The van der Waals surface area contributed by atoms with Crippen LogP contribution in [0.1, 0.15) is 42.5 Å². The maximum absolute atomic E-state index is 12.4. The van der Waals surface area contributed by atoms with Crippen LogP contribution in [0.15, 0.2) is 24.7 Å². The normalized spacial score (nSPS) is 17.5. The van der Waals surface area contributed by atoms with Gasteiger partial charge in [0.25, 0.3) is 5.91 Å². The minimum atomic E-state index is -0.919. The highest BCUT2D eigenvalue weighted by atomic mass is 16.2. The molecule has 0 aromatic carbocycles. The Hall–Kier alpha value is -2.44. The number of nitrogens with one attached hydrogen (secondary N) is 1. The van der Waals surface area contributed by atoms with Crippen LogP contribution < -0.4 is 11.1 Å². The van der Waals surface area contributed by atoms with Gasteiger partial charge in [-0.05, 0) is 25.0 Å². The number of amides is 2. The maximum Gasteiger partial charge on any atom is 0.253 e. The van der Waals surface area contributed by atoms with Crippen LogP contribution in [0.5, 0.6) is 0 Å². The molecule has 21 heavy (non-hydrogen) atoms. The molecule has 2 aromatic heterocycles. The van der Waals surface area contributed by atoms with Crippen molar-refractivity contribution in [3.05, 3.63) is 30.2 Å². The van der Waals surface area contributed by atoms with Gasteiger partial charge >= 0.3 is 0 Å². The van der Waals surface area contributed by atoms with E-state index in [-0.39, 0.29) is 5.91 Å². The molecule has 1 aliphatic carbocycles. The van der Waals surface area contributed by atoms with E-state index in [1.54, 1.807) is 22.7 Å². The second-order valence-corrected chi connectivity index (χ2v) is 5.48. The number of nitrogens with two attached hydrogens (primary N) is 1. The molecule has 1 aliphatic rings. The molecule has 0 atom stereocenters. The monoisotopic (exact) mass is 287 g/mol. The van der Waals surface area contributed by atoms with Crippen molar-refractivity contribution in [2.24, 2.45) is 5.73 Å². The van der Waals surface area contributed by atoms with Gasteiger partial charge in [-0.15, -0.1) is 10.2 Å². The fourth-order valence-corrected chi connectivity index (χ4v) is 2.84. The first-order valence-electron chi connectivity index (χ1n) is 7.03. The molecule has 1 saturated carbocycles. The van der Waals surface area contributed by atoms with Gasteiger partial charge in [-0.1, -0.05) is 19.3 Å². The Balaban J connectivity index is 1.85. The van der Waals surface area contributed by atoms with Gasteiger partial charge < -0.3 is 11.1 Å². The van der Waals surface area contributed by atoms with Gasteiger partial charge in [0.1, 0.15) is 11.9 Å². The molecule has 0 bridgehead atoms. The Morgan fingerprint density at radius 2 is 2.00 bits per heavy atom. The predicted molar refractivity (Wildman–Crippen MR) is 75.5 cm³/mol. The van der Waals surface area contributed by atoms with E-state index < -0.39 is 11.4 Å². The van der Waals surface area contributed by atoms with Crippen LogP contribution in [0.4, 0.5) is 0 Å². The molecule has 3 rings (SSSR count). The Morgan fingerprint density at radius 3 is 2.71 bits per heavy atom. The summed E-state index contributed by atoms with van der Waals surface area (Å²) >= 11 is 0. The summed E-state index contributed by atoms with van der Waals surface area (Å²) in [5, 5.41) is 10.5. The Bertz CT molecular complexity index is 687. The number of fused-ring (bicyclic) bond motifs is 1. The highest BCUT2D eigenvalue weighted by molar-refractivity contribution is 5.99. The molecule has 2 aromatic rings. The lowest BCUT2D eigenvalue weighted by Crippen LogP contribution is -2.58. The number of aromatic nitrogens is 3. The number of nitrogens with zero attached hydrogens (tertiary/aromatic N) is 3. The first-order valence-corrected chi connectivity index (χ1v) is 7.03. The highest BCUT2D eigenvalue weighted by Gasteiger charge is 2.39. The zero-order valence-electron chi connectivity index (χ0n) is 11.6. The van der Waals surface area contributed by atoms with Gasteiger partial charge in [0.05, 0.1) is 5.56 Å². The van der Waals surface area contributed by atoms with Crippen LogP contribution in [-0.2, 0) is 4.79 Å². The molecule has 2 heterocycles. The summed E-state index contributed by atoms with van der Waals surface area (Å²) in [5.74, 6) is -0.757. The molecular weight excluding hydrogens is 270 g/mol. The molecule has 7 heteroatoms. The smallest absolute Gasteiger partial charge is 0.253 e. The number of primary amides is 1. The number of pyridine rings is 1. The third kappa shape index (κ3) is 2.46. The molecule has 3 N–H and O–H groups in total. The fourth-order valence-electron chi connectivity index (χ4n) is 2.84. The van der Waals surface area contributed by atoms with Gasteiger partial charge in [-0.3, -0.25) is 14.0 Å². The first kappa shape index (κ1) is 13.5. The summed E-state index contributed by atoms with van der Waals surface area (Å²) in [6, 6.07) is 3.37. The van der Waals surface area contributed by atoms with E-state index in [4.69, 9.17) is 5.73 Å². The molecule has 110 valence electrons. The summed E-state index contributed by atoms with van der Waals surface area (Å²) in [4.78, 5) is 24.2. The number of carbonyl (C=O) groups is 2. The number of carbonyl (C=O) groups excluding carboxylic acids is 2. The number of hydrogen-bond acceptors (Lipinski definition) is 4. The van der Waals surface area contributed by atoms with Crippen LogP contribution in [0.3, 0.4) is 0 Å². The van der Waals surface area contributed by atoms with E-state index >= 15 is 0 Å². The first-order chi connectivity index (χ1) is 10.1. The van der Waals surface area contributed by atoms with E-state index in [0.29, 0.717) is 24.1 Å². The average molecular weight is 287 g/mol. The summed E-state index contributed by atoms with van der Waals surface area (Å²) < 4.78 is 1.66. The Morgan fingerprint density at radius 1 is 1.24 bits per heavy atom. The van der Waals surface area contributed by atoms with Crippen molar-refractivity contribution in [2.45, 2.75) is 37.6 Å². The molecule has 0 radical (unpaired) electrons. The molecule has 7 nitrogen and oxygen atoms in total. The zero-order chi connectivity index (χ0) is 14.9. The van der Waals surface area contributed by atoms with Gasteiger partial charge in [0, 0.05) is 6.20 Å². The molecule has 1 fully saturated rings. The molecule has 0 spiro atoms. The number of hydrogen-bond donors (Lipinski definition) is 2.